The van der Waals surface area contributed by atoms with Gasteiger partial charge in [0.2, 0.25) is 0 Å². The van der Waals surface area contributed by atoms with Crippen LogP contribution >= 0.6 is 0 Å². The maximum atomic E-state index is 13.4. The highest BCUT2D eigenvalue weighted by Gasteiger charge is 2.27. The van der Waals surface area contributed by atoms with Crippen molar-refractivity contribution < 1.29 is 14.2 Å². The van der Waals surface area contributed by atoms with E-state index in [1.807, 2.05) is 36.4 Å². The molecule has 0 unspecified atom stereocenters. The van der Waals surface area contributed by atoms with Crippen LogP contribution in [-0.4, -0.2) is 39.0 Å². The lowest BCUT2D eigenvalue weighted by Crippen LogP contribution is -2.39. The summed E-state index contributed by atoms with van der Waals surface area (Å²) in [6.45, 7) is 0.111. The lowest BCUT2D eigenvalue weighted by atomic mass is 9.96. The van der Waals surface area contributed by atoms with Gasteiger partial charge in [0, 0.05) is 18.2 Å². The molecule has 7 heteroatoms. The Morgan fingerprint density at radius 1 is 1.13 bits per heavy atom. The van der Waals surface area contributed by atoms with E-state index in [4.69, 9.17) is 4.74 Å². The van der Waals surface area contributed by atoms with E-state index in [0.717, 1.165) is 21.9 Å². The smallest absolute Gasteiger partial charge is 0.261 e. The molecule has 2 aromatic heterocycles. The monoisotopic (exact) mass is 419 g/mol. The van der Waals surface area contributed by atoms with E-state index in [1.165, 1.54) is 10.9 Å². The highest BCUT2D eigenvalue weighted by Crippen LogP contribution is 2.28. The van der Waals surface area contributed by atoms with Crippen LogP contribution in [0.2, 0.25) is 0 Å². The molecule has 0 spiro atoms. The van der Waals surface area contributed by atoms with Crippen molar-refractivity contribution in [2.75, 3.05) is 13.2 Å². The zero-order chi connectivity index (χ0) is 21.4. The van der Waals surface area contributed by atoms with Crippen LogP contribution in [0.5, 0.6) is 0 Å². The molecular weight excluding hydrogens is 397 g/mol. The molecule has 1 aliphatic heterocycles. The van der Waals surface area contributed by atoms with Crippen LogP contribution < -0.4 is 5.56 Å². The zero-order valence-corrected chi connectivity index (χ0v) is 16.9. The average Bonchev–Trinajstić information content (AvgIpc) is 2.81. The number of fused-ring (bicyclic) bond motifs is 3. The summed E-state index contributed by atoms with van der Waals surface area (Å²) in [6.07, 6.45) is 3.58. The van der Waals surface area contributed by atoms with Gasteiger partial charge in [-0.1, -0.05) is 30.3 Å². The number of rotatable bonds is 4. The van der Waals surface area contributed by atoms with E-state index >= 15 is 0 Å². The molecule has 31 heavy (non-hydrogen) atoms. The molecule has 2 aromatic carbocycles. The van der Waals surface area contributed by atoms with Crippen LogP contribution in [0.15, 0.2) is 59.8 Å². The van der Waals surface area contributed by atoms with Crippen molar-refractivity contribution in [1.29, 1.82) is 0 Å². The summed E-state index contributed by atoms with van der Waals surface area (Å²) >= 11 is 0. The van der Waals surface area contributed by atoms with Gasteiger partial charge in [0.15, 0.2) is 0 Å². The number of ether oxygens (including phenoxy) is 1. The largest absolute Gasteiger partial charge is 0.389 e. The Bertz CT molecular complexity index is 1300. The van der Waals surface area contributed by atoms with Gasteiger partial charge in [-0.25, -0.2) is 9.37 Å². The predicted molar refractivity (Wildman–Crippen MR) is 116 cm³/mol. The Kier molecular flexibility index (Phi) is 5.21. The first-order chi connectivity index (χ1) is 15.2. The van der Waals surface area contributed by atoms with Gasteiger partial charge < -0.3 is 9.84 Å². The minimum absolute atomic E-state index is 0.172. The van der Waals surface area contributed by atoms with Crippen LogP contribution in [0.25, 0.3) is 21.7 Å². The summed E-state index contributed by atoms with van der Waals surface area (Å²) in [5.74, 6) is 0. The first-order valence-electron chi connectivity index (χ1n) is 10.3. The van der Waals surface area contributed by atoms with Gasteiger partial charge in [-0.3, -0.25) is 14.3 Å². The third-order valence-corrected chi connectivity index (χ3v) is 5.94. The lowest BCUT2D eigenvalue weighted by Gasteiger charge is -2.29. The van der Waals surface area contributed by atoms with E-state index in [-0.39, 0.29) is 18.2 Å². The summed E-state index contributed by atoms with van der Waals surface area (Å²) in [4.78, 5) is 22.2. The number of hydrogen-bond donors (Lipinski definition) is 1. The first-order valence-corrected chi connectivity index (χ1v) is 10.3. The Morgan fingerprint density at radius 3 is 2.71 bits per heavy atom. The molecule has 5 rings (SSSR count). The minimum Gasteiger partial charge on any atom is -0.389 e. The van der Waals surface area contributed by atoms with Crippen molar-refractivity contribution in [3.05, 3.63) is 82.2 Å². The van der Waals surface area contributed by atoms with Crippen molar-refractivity contribution in [3.63, 3.8) is 0 Å². The standard InChI is InChI=1S/C24H22FN3O3/c25-11-17-6-5-15(12-26-17)9-16-10-20-23(19-4-2-1-3-18(16)19)27-14-28(24(20)30)21-7-8-31-13-22(21)29/h1-6,10,12,14,21-22,29H,7-9,11,13H2/t21-,22-/m0/s1. The highest BCUT2D eigenvalue weighted by molar-refractivity contribution is 6.06. The number of aromatic nitrogens is 3. The SMILES string of the molecule is O=c1c2cc(Cc3ccc(CF)nc3)c3ccccc3c2ncn1[C@H]1CCOC[C@@H]1O. The van der Waals surface area contributed by atoms with Crippen molar-refractivity contribution in [3.8, 4) is 0 Å². The Morgan fingerprint density at radius 2 is 1.97 bits per heavy atom. The fourth-order valence-electron chi connectivity index (χ4n) is 4.33. The summed E-state index contributed by atoms with van der Waals surface area (Å²) in [5.41, 5.74) is 2.78. The van der Waals surface area contributed by atoms with Gasteiger partial charge in [0.05, 0.1) is 41.7 Å². The molecule has 0 radical (unpaired) electrons. The number of alkyl halides is 1. The molecule has 2 atom stereocenters. The summed E-state index contributed by atoms with van der Waals surface area (Å²) in [6, 6.07) is 12.9. The summed E-state index contributed by atoms with van der Waals surface area (Å²) in [5, 5.41) is 12.8. The Labute approximate surface area is 178 Å². The van der Waals surface area contributed by atoms with Crippen LogP contribution in [0.4, 0.5) is 4.39 Å². The number of nitrogens with zero attached hydrogens (tertiary/aromatic N) is 3. The molecular formula is C24H22FN3O3. The summed E-state index contributed by atoms with van der Waals surface area (Å²) < 4.78 is 19.6. The molecule has 1 fully saturated rings. The van der Waals surface area contributed by atoms with Crippen LogP contribution in [0.1, 0.15) is 29.3 Å². The second kappa shape index (κ2) is 8.17. The second-order valence-corrected chi connectivity index (χ2v) is 7.90. The van der Waals surface area contributed by atoms with Gasteiger partial charge in [-0.05, 0) is 41.5 Å². The normalized spacial score (nSPS) is 19.2. The number of aliphatic hydroxyl groups is 1. The van der Waals surface area contributed by atoms with Gasteiger partial charge in [0.1, 0.15) is 6.67 Å². The number of aliphatic hydroxyl groups excluding tert-OH is 1. The Balaban J connectivity index is 1.67. The molecule has 0 bridgehead atoms. The fourth-order valence-corrected chi connectivity index (χ4v) is 4.33. The van der Waals surface area contributed by atoms with Crippen LogP contribution in [0, 0.1) is 0 Å². The molecule has 158 valence electrons. The van der Waals surface area contributed by atoms with E-state index < -0.39 is 12.8 Å². The zero-order valence-electron chi connectivity index (χ0n) is 16.9. The molecule has 1 aliphatic rings. The minimum atomic E-state index is -0.745. The fraction of sp³-hybridized carbons (Fsp3) is 0.292. The summed E-state index contributed by atoms with van der Waals surface area (Å²) in [7, 11) is 0. The van der Waals surface area contributed by atoms with Gasteiger partial charge in [0.25, 0.3) is 5.56 Å². The molecule has 1 N–H and O–H groups in total. The van der Waals surface area contributed by atoms with Crippen LogP contribution in [-0.2, 0) is 17.8 Å². The number of benzene rings is 2. The molecule has 0 aliphatic carbocycles. The number of pyridine rings is 1. The lowest BCUT2D eigenvalue weighted by molar-refractivity contribution is -0.0395. The molecule has 0 saturated carbocycles. The van der Waals surface area contributed by atoms with Gasteiger partial charge in [-0.2, -0.15) is 0 Å². The molecule has 3 heterocycles. The maximum absolute atomic E-state index is 13.4. The number of halogens is 1. The van der Waals surface area contributed by atoms with E-state index in [1.54, 1.807) is 12.3 Å². The van der Waals surface area contributed by atoms with Crippen LogP contribution in [0.3, 0.4) is 0 Å². The number of hydrogen-bond acceptors (Lipinski definition) is 5. The quantitative estimate of drug-likeness (QED) is 0.514. The van der Waals surface area contributed by atoms with E-state index in [9.17, 15) is 14.3 Å². The average molecular weight is 419 g/mol. The van der Waals surface area contributed by atoms with Crippen molar-refractivity contribution in [2.24, 2.45) is 0 Å². The maximum Gasteiger partial charge on any atom is 0.261 e. The third-order valence-electron chi connectivity index (χ3n) is 5.94. The molecule has 0 amide bonds. The van der Waals surface area contributed by atoms with Gasteiger partial charge in [-0.15, -0.1) is 0 Å². The highest BCUT2D eigenvalue weighted by atomic mass is 19.1. The topological polar surface area (TPSA) is 77.2 Å². The molecule has 4 aromatic rings. The Hall–Kier alpha value is -3.16. The van der Waals surface area contributed by atoms with E-state index in [0.29, 0.717) is 36.0 Å². The van der Waals surface area contributed by atoms with Crippen molar-refractivity contribution >= 4 is 21.7 Å². The molecule has 1 saturated heterocycles. The van der Waals surface area contributed by atoms with Crippen molar-refractivity contribution in [1.82, 2.24) is 14.5 Å². The van der Waals surface area contributed by atoms with Gasteiger partial charge >= 0.3 is 0 Å². The predicted octanol–water partition coefficient (Wildman–Crippen LogP) is 3.33. The third kappa shape index (κ3) is 3.60. The van der Waals surface area contributed by atoms with Crippen molar-refractivity contribution in [2.45, 2.75) is 31.7 Å². The first kappa shape index (κ1) is 19.8. The van der Waals surface area contributed by atoms with E-state index in [2.05, 4.69) is 9.97 Å². The molecule has 6 nitrogen and oxygen atoms in total. The second-order valence-electron chi connectivity index (χ2n) is 7.90.